The molecular formula is C25H26N4. The number of aryl methyl sites for hydroxylation is 5. The van der Waals surface area contributed by atoms with Crippen LogP contribution in [0.25, 0.3) is 11.0 Å². The van der Waals surface area contributed by atoms with Crippen LogP contribution in [-0.4, -0.2) is 9.97 Å². The average Bonchev–Trinajstić information content (AvgIpc) is 2.68. The molecule has 0 saturated carbocycles. The van der Waals surface area contributed by atoms with Gasteiger partial charge in [-0.1, -0.05) is 18.2 Å². The van der Waals surface area contributed by atoms with Crippen LogP contribution >= 0.6 is 0 Å². The lowest BCUT2D eigenvalue weighted by atomic mass is 10.1. The number of nitrogens with zero attached hydrogens (tertiary/aromatic N) is 2. The largest absolute Gasteiger partial charge is 0.337 e. The van der Waals surface area contributed by atoms with E-state index in [0.29, 0.717) is 11.6 Å². The summed E-state index contributed by atoms with van der Waals surface area (Å²) < 4.78 is 0. The van der Waals surface area contributed by atoms with Crippen LogP contribution in [0.5, 0.6) is 0 Å². The lowest BCUT2D eigenvalue weighted by Crippen LogP contribution is -2.04. The number of hydrogen-bond acceptors (Lipinski definition) is 4. The predicted octanol–water partition coefficient (Wildman–Crippen LogP) is 6.66. The zero-order valence-electron chi connectivity index (χ0n) is 17.6. The molecule has 0 aliphatic carbocycles. The summed E-state index contributed by atoms with van der Waals surface area (Å²) in [6.45, 7) is 10.5. The van der Waals surface area contributed by atoms with Crippen molar-refractivity contribution in [3.05, 3.63) is 82.4 Å². The van der Waals surface area contributed by atoms with Gasteiger partial charge in [-0.3, -0.25) is 0 Å². The molecule has 4 heteroatoms. The molecule has 0 bridgehead atoms. The van der Waals surface area contributed by atoms with Gasteiger partial charge in [0.1, 0.15) is 0 Å². The van der Waals surface area contributed by atoms with Crippen molar-refractivity contribution in [2.24, 2.45) is 0 Å². The van der Waals surface area contributed by atoms with Gasteiger partial charge >= 0.3 is 0 Å². The Morgan fingerprint density at radius 2 is 1.03 bits per heavy atom. The maximum atomic E-state index is 4.88. The highest BCUT2D eigenvalue weighted by molar-refractivity contribution is 5.84. The SMILES string of the molecule is Cc1ccc2nc(Nc3ccc(C)c(C)c3)c(Nc3ccc(C)c(C)c3)nc2c1. The van der Waals surface area contributed by atoms with Crippen molar-refractivity contribution >= 4 is 34.0 Å². The number of aromatic nitrogens is 2. The summed E-state index contributed by atoms with van der Waals surface area (Å²) in [4.78, 5) is 9.75. The fourth-order valence-electron chi connectivity index (χ4n) is 3.25. The van der Waals surface area contributed by atoms with Crippen molar-refractivity contribution in [1.82, 2.24) is 9.97 Å². The summed E-state index contributed by atoms with van der Waals surface area (Å²) in [6.07, 6.45) is 0. The molecule has 146 valence electrons. The third kappa shape index (κ3) is 4.06. The molecule has 0 atom stereocenters. The maximum Gasteiger partial charge on any atom is 0.174 e. The second-order valence-corrected chi connectivity index (χ2v) is 7.76. The number of rotatable bonds is 4. The highest BCUT2D eigenvalue weighted by Gasteiger charge is 2.11. The van der Waals surface area contributed by atoms with Crippen LogP contribution < -0.4 is 10.6 Å². The van der Waals surface area contributed by atoms with Crippen molar-refractivity contribution < 1.29 is 0 Å². The number of fused-ring (bicyclic) bond motifs is 1. The Balaban J connectivity index is 1.79. The summed E-state index contributed by atoms with van der Waals surface area (Å²) >= 11 is 0. The van der Waals surface area contributed by atoms with Crippen LogP contribution in [0.1, 0.15) is 27.8 Å². The summed E-state index contributed by atoms with van der Waals surface area (Å²) in [7, 11) is 0. The van der Waals surface area contributed by atoms with Crippen molar-refractivity contribution in [2.75, 3.05) is 10.6 Å². The van der Waals surface area contributed by atoms with Gasteiger partial charge in [0.05, 0.1) is 11.0 Å². The second kappa shape index (κ2) is 7.55. The molecule has 0 aliphatic heterocycles. The number of nitrogens with one attached hydrogen (secondary N) is 2. The van der Waals surface area contributed by atoms with E-state index in [9.17, 15) is 0 Å². The molecule has 3 aromatic carbocycles. The minimum Gasteiger partial charge on any atom is -0.337 e. The van der Waals surface area contributed by atoms with E-state index in [0.717, 1.165) is 22.4 Å². The molecule has 0 radical (unpaired) electrons. The molecule has 1 aromatic heterocycles. The number of hydrogen-bond donors (Lipinski definition) is 2. The fraction of sp³-hybridized carbons (Fsp3) is 0.200. The first-order valence-corrected chi connectivity index (χ1v) is 9.86. The van der Waals surface area contributed by atoms with E-state index in [1.54, 1.807) is 0 Å². The molecule has 0 fully saturated rings. The third-order valence-electron chi connectivity index (χ3n) is 5.36. The molecule has 0 unspecified atom stereocenters. The Morgan fingerprint density at radius 1 is 0.517 bits per heavy atom. The average molecular weight is 383 g/mol. The Morgan fingerprint density at radius 3 is 1.55 bits per heavy atom. The summed E-state index contributed by atoms with van der Waals surface area (Å²) in [6, 6.07) is 18.8. The Labute approximate surface area is 172 Å². The normalized spacial score (nSPS) is 10.9. The third-order valence-corrected chi connectivity index (χ3v) is 5.36. The van der Waals surface area contributed by atoms with Gasteiger partial charge in [-0.15, -0.1) is 0 Å². The summed E-state index contributed by atoms with van der Waals surface area (Å²) in [5.74, 6) is 1.42. The van der Waals surface area contributed by atoms with Gasteiger partial charge in [0.15, 0.2) is 11.6 Å². The minimum atomic E-state index is 0.711. The number of benzene rings is 3. The monoisotopic (exact) mass is 382 g/mol. The van der Waals surface area contributed by atoms with E-state index >= 15 is 0 Å². The van der Waals surface area contributed by atoms with Crippen LogP contribution in [0, 0.1) is 34.6 Å². The number of anilines is 4. The van der Waals surface area contributed by atoms with Gasteiger partial charge in [0, 0.05) is 11.4 Å². The van der Waals surface area contributed by atoms with Gasteiger partial charge in [-0.05, 0) is 98.8 Å². The van der Waals surface area contributed by atoms with Crippen LogP contribution in [0.3, 0.4) is 0 Å². The van der Waals surface area contributed by atoms with Crippen molar-refractivity contribution in [3.63, 3.8) is 0 Å². The Bertz CT molecular complexity index is 1210. The zero-order chi connectivity index (χ0) is 20.5. The first-order valence-electron chi connectivity index (χ1n) is 9.86. The van der Waals surface area contributed by atoms with E-state index in [1.165, 1.54) is 27.8 Å². The van der Waals surface area contributed by atoms with E-state index in [2.05, 4.69) is 93.8 Å². The van der Waals surface area contributed by atoms with Gasteiger partial charge < -0.3 is 10.6 Å². The van der Waals surface area contributed by atoms with E-state index in [4.69, 9.17) is 9.97 Å². The summed E-state index contributed by atoms with van der Waals surface area (Å²) in [5, 5.41) is 6.92. The molecule has 4 rings (SSSR count). The fourth-order valence-corrected chi connectivity index (χ4v) is 3.25. The molecular weight excluding hydrogens is 356 g/mol. The predicted molar refractivity (Wildman–Crippen MR) is 123 cm³/mol. The molecule has 4 nitrogen and oxygen atoms in total. The van der Waals surface area contributed by atoms with Gasteiger partial charge in [-0.25, -0.2) is 9.97 Å². The minimum absolute atomic E-state index is 0.711. The van der Waals surface area contributed by atoms with Gasteiger partial charge in [0.25, 0.3) is 0 Å². The van der Waals surface area contributed by atoms with E-state index in [-0.39, 0.29) is 0 Å². The van der Waals surface area contributed by atoms with Gasteiger partial charge in [0.2, 0.25) is 0 Å². The van der Waals surface area contributed by atoms with Crippen LogP contribution in [0.4, 0.5) is 23.0 Å². The molecule has 0 spiro atoms. The molecule has 0 saturated heterocycles. The zero-order valence-corrected chi connectivity index (χ0v) is 17.6. The first-order chi connectivity index (χ1) is 13.9. The highest BCUT2D eigenvalue weighted by atomic mass is 15.1. The van der Waals surface area contributed by atoms with Crippen LogP contribution in [0.15, 0.2) is 54.6 Å². The van der Waals surface area contributed by atoms with Crippen molar-refractivity contribution in [3.8, 4) is 0 Å². The lowest BCUT2D eigenvalue weighted by Gasteiger charge is -2.15. The standard InChI is InChI=1S/C25H26N4/c1-15-6-11-22-23(12-15)29-25(27-21-10-8-17(3)19(5)14-21)24(28-22)26-20-9-7-16(2)18(4)13-20/h6-14H,1-5H3,(H,26,28)(H,27,29). The molecule has 0 amide bonds. The van der Waals surface area contributed by atoms with Crippen LogP contribution in [-0.2, 0) is 0 Å². The molecule has 4 aromatic rings. The second-order valence-electron chi connectivity index (χ2n) is 7.76. The smallest absolute Gasteiger partial charge is 0.174 e. The maximum absolute atomic E-state index is 4.88. The topological polar surface area (TPSA) is 49.8 Å². The van der Waals surface area contributed by atoms with Gasteiger partial charge in [-0.2, -0.15) is 0 Å². The van der Waals surface area contributed by atoms with E-state index in [1.807, 2.05) is 6.07 Å². The van der Waals surface area contributed by atoms with Crippen molar-refractivity contribution in [2.45, 2.75) is 34.6 Å². The molecule has 0 aliphatic rings. The highest BCUT2D eigenvalue weighted by Crippen LogP contribution is 2.29. The first kappa shape index (κ1) is 18.9. The molecule has 1 heterocycles. The lowest BCUT2D eigenvalue weighted by molar-refractivity contribution is 1.25. The van der Waals surface area contributed by atoms with Crippen molar-refractivity contribution in [1.29, 1.82) is 0 Å². The Kier molecular flexibility index (Phi) is 4.93. The molecule has 2 N–H and O–H groups in total. The van der Waals surface area contributed by atoms with Crippen LogP contribution in [0.2, 0.25) is 0 Å². The summed E-state index contributed by atoms with van der Waals surface area (Å²) in [5.41, 5.74) is 9.92. The van der Waals surface area contributed by atoms with E-state index < -0.39 is 0 Å². The Hall–Kier alpha value is -3.40. The molecule has 29 heavy (non-hydrogen) atoms. The quantitative estimate of drug-likeness (QED) is 0.414.